The number of piperidine rings is 1. The highest BCUT2D eigenvalue weighted by atomic mass is 19.1. The topological polar surface area (TPSA) is 122 Å². The predicted molar refractivity (Wildman–Crippen MR) is 186 cm³/mol. The van der Waals surface area contributed by atoms with Crippen LogP contribution in [0, 0.1) is 34.9 Å². The fourth-order valence-corrected chi connectivity index (χ4v) is 8.52. The van der Waals surface area contributed by atoms with Gasteiger partial charge in [0.15, 0.2) is 5.82 Å². The van der Waals surface area contributed by atoms with E-state index in [1.165, 1.54) is 31.0 Å². The average Bonchev–Trinajstić information content (AvgIpc) is 3.47. The lowest BCUT2D eigenvalue weighted by Gasteiger charge is -2.40. The van der Waals surface area contributed by atoms with Crippen molar-refractivity contribution in [3.8, 4) is 23.3 Å². The number of carbonyl (C=O) groups is 2. The molecule has 2 saturated carbocycles. The summed E-state index contributed by atoms with van der Waals surface area (Å²) in [5, 5.41) is 10.4. The van der Waals surface area contributed by atoms with Crippen molar-refractivity contribution in [2.45, 2.75) is 50.9 Å². The molecule has 0 unspecified atom stereocenters. The van der Waals surface area contributed by atoms with Gasteiger partial charge in [-0.05, 0) is 80.0 Å². The van der Waals surface area contributed by atoms with E-state index in [0.717, 1.165) is 47.3 Å². The molecule has 3 aromatic carbocycles. The molecule has 254 valence electrons. The van der Waals surface area contributed by atoms with Gasteiger partial charge in [-0.3, -0.25) is 9.59 Å². The van der Waals surface area contributed by atoms with Gasteiger partial charge in [0.05, 0.1) is 35.5 Å². The fourth-order valence-electron chi connectivity index (χ4n) is 8.52. The number of nitriles is 1. The Kier molecular flexibility index (Phi) is 7.21. The number of methoxy groups -OCH3 is 1. The third-order valence-electron chi connectivity index (χ3n) is 11.4. The third-order valence-corrected chi connectivity index (χ3v) is 11.4. The summed E-state index contributed by atoms with van der Waals surface area (Å²) in [6.45, 7) is 2.96. The van der Waals surface area contributed by atoms with Crippen LogP contribution in [0.3, 0.4) is 0 Å². The van der Waals surface area contributed by atoms with Crippen molar-refractivity contribution in [3.63, 3.8) is 0 Å². The van der Waals surface area contributed by atoms with Gasteiger partial charge in [-0.2, -0.15) is 5.26 Å². The van der Waals surface area contributed by atoms with Crippen molar-refractivity contribution >= 4 is 33.8 Å². The van der Waals surface area contributed by atoms with E-state index in [4.69, 9.17) is 15.5 Å². The minimum absolute atomic E-state index is 0.0180. The SMILES string of the molecule is COc1cc(C(=O)N2C[C@H]3CC[C@@H]2[C@@H]3N)cc2nc(-c3cc4ccccc4n3CC3CC3)n(CC3CN(C(=O)c4cc(C#N)ccc4F)C3)c12. The van der Waals surface area contributed by atoms with E-state index in [0.29, 0.717) is 54.8 Å². The van der Waals surface area contributed by atoms with Crippen LogP contribution < -0.4 is 10.5 Å². The van der Waals surface area contributed by atoms with Crippen LogP contribution in [0.5, 0.6) is 5.75 Å². The molecule has 2 bridgehead atoms. The Morgan fingerprint density at radius 1 is 0.960 bits per heavy atom. The summed E-state index contributed by atoms with van der Waals surface area (Å²) in [4.78, 5) is 36.1. The largest absolute Gasteiger partial charge is 0.494 e. The Morgan fingerprint density at radius 3 is 2.48 bits per heavy atom. The van der Waals surface area contributed by atoms with Crippen LogP contribution >= 0.6 is 0 Å². The summed E-state index contributed by atoms with van der Waals surface area (Å²) in [7, 11) is 1.62. The molecular weight excluding hydrogens is 633 g/mol. The van der Waals surface area contributed by atoms with E-state index in [-0.39, 0.29) is 35.0 Å². The third kappa shape index (κ3) is 4.96. The van der Waals surface area contributed by atoms with E-state index in [1.807, 2.05) is 29.2 Å². The summed E-state index contributed by atoms with van der Waals surface area (Å²) < 4.78 is 25.2. The first-order valence-electron chi connectivity index (χ1n) is 17.5. The van der Waals surface area contributed by atoms with Gasteiger partial charge in [0, 0.05) is 67.2 Å². The Balaban J connectivity index is 1.11. The molecule has 2 amide bonds. The highest BCUT2D eigenvalue weighted by Gasteiger charge is 2.47. The number of halogens is 1. The zero-order valence-corrected chi connectivity index (χ0v) is 27.9. The molecule has 11 heteroatoms. The van der Waals surface area contributed by atoms with Gasteiger partial charge in [0.2, 0.25) is 0 Å². The first-order chi connectivity index (χ1) is 24.3. The van der Waals surface area contributed by atoms with Crippen LogP contribution in [-0.4, -0.2) is 74.6 Å². The number of aromatic nitrogens is 3. The molecule has 0 spiro atoms. The monoisotopic (exact) mass is 671 g/mol. The van der Waals surface area contributed by atoms with Gasteiger partial charge >= 0.3 is 0 Å². The number of benzene rings is 3. The summed E-state index contributed by atoms with van der Waals surface area (Å²) in [5.74, 6) is 1.25. The van der Waals surface area contributed by atoms with E-state index >= 15 is 0 Å². The van der Waals surface area contributed by atoms with Crippen molar-refractivity contribution < 1.29 is 18.7 Å². The summed E-state index contributed by atoms with van der Waals surface area (Å²) in [6, 6.07) is 20.2. The maximum Gasteiger partial charge on any atom is 0.256 e. The van der Waals surface area contributed by atoms with Crippen LogP contribution in [-0.2, 0) is 13.1 Å². The Morgan fingerprint density at radius 2 is 1.76 bits per heavy atom. The second kappa shape index (κ2) is 11.7. The number of carbonyl (C=O) groups excluding carboxylic acids is 2. The number of likely N-dealkylation sites (tertiary alicyclic amines) is 2. The van der Waals surface area contributed by atoms with Crippen molar-refractivity contribution in [2.75, 3.05) is 26.7 Å². The Labute approximate surface area is 288 Å². The van der Waals surface area contributed by atoms with Gasteiger partial charge in [-0.1, -0.05) is 18.2 Å². The lowest BCUT2D eigenvalue weighted by atomic mass is 9.97. The van der Waals surface area contributed by atoms with Crippen LogP contribution in [0.15, 0.2) is 60.7 Å². The van der Waals surface area contributed by atoms with Gasteiger partial charge in [0.1, 0.15) is 17.1 Å². The quantitative estimate of drug-likeness (QED) is 0.235. The standard InChI is InChI=1S/C39H38FN7O3/c1-50-34-15-27(38(48)46-21-26-9-11-32(46)35(26)42)13-30-36(34)47(20-24-17-44(18-24)39(49)28-12-23(16-41)8-10-29(28)40)37(43-30)33-14-25-4-2-3-5-31(25)45(33)19-22-6-7-22/h2-5,8,10,12-15,22,24,26,32,35H,6-7,9,11,17-21,42H2,1H3/t26-,32-,35-/m1/s1. The Hall–Kier alpha value is -5.21. The smallest absolute Gasteiger partial charge is 0.256 e. The molecule has 5 aromatic rings. The Bertz CT molecular complexity index is 2240. The lowest BCUT2D eigenvalue weighted by Crippen LogP contribution is -2.51. The maximum absolute atomic E-state index is 14.6. The van der Waals surface area contributed by atoms with E-state index in [2.05, 4.69) is 33.4 Å². The fraction of sp³-hybridized carbons (Fsp3) is 0.385. The average molecular weight is 672 g/mol. The van der Waals surface area contributed by atoms with Crippen molar-refractivity contribution in [1.29, 1.82) is 5.26 Å². The molecule has 4 heterocycles. The van der Waals surface area contributed by atoms with Gasteiger partial charge in [-0.25, -0.2) is 9.37 Å². The van der Waals surface area contributed by atoms with Crippen molar-refractivity contribution in [3.05, 3.63) is 83.2 Å². The number of rotatable bonds is 8. The zero-order chi connectivity index (χ0) is 34.3. The number of hydrogen-bond donors (Lipinski definition) is 1. The molecule has 4 aliphatic rings. The highest BCUT2D eigenvalue weighted by molar-refractivity contribution is 6.01. The zero-order valence-electron chi connectivity index (χ0n) is 27.9. The summed E-state index contributed by atoms with van der Waals surface area (Å²) in [5.41, 5.74) is 10.8. The molecule has 50 heavy (non-hydrogen) atoms. The van der Waals surface area contributed by atoms with Crippen LogP contribution in [0.4, 0.5) is 4.39 Å². The molecule has 2 aromatic heterocycles. The lowest BCUT2D eigenvalue weighted by molar-refractivity contribution is 0.0466. The van der Waals surface area contributed by atoms with Crippen molar-refractivity contribution in [1.82, 2.24) is 23.9 Å². The number of para-hydroxylation sites is 1. The van der Waals surface area contributed by atoms with Crippen LogP contribution in [0.1, 0.15) is 52.0 Å². The molecule has 9 rings (SSSR count). The van der Waals surface area contributed by atoms with Crippen LogP contribution in [0.2, 0.25) is 0 Å². The molecule has 4 fully saturated rings. The molecular formula is C39H38FN7O3. The normalized spacial score (nSPS) is 21.6. The minimum atomic E-state index is -0.636. The molecule has 0 radical (unpaired) electrons. The first kappa shape index (κ1) is 30.8. The van der Waals surface area contributed by atoms with Crippen molar-refractivity contribution in [2.24, 2.45) is 23.5 Å². The highest BCUT2D eigenvalue weighted by Crippen LogP contribution is 2.41. The van der Waals surface area contributed by atoms with Gasteiger partial charge in [0.25, 0.3) is 11.8 Å². The molecule has 2 aliphatic carbocycles. The van der Waals surface area contributed by atoms with E-state index in [1.54, 1.807) is 12.0 Å². The summed E-state index contributed by atoms with van der Waals surface area (Å²) in [6.07, 6.45) is 4.39. The molecule has 3 atom stereocenters. The van der Waals surface area contributed by atoms with Crippen LogP contribution in [0.25, 0.3) is 33.5 Å². The predicted octanol–water partition coefficient (Wildman–Crippen LogP) is 5.42. The molecule has 2 N–H and O–H groups in total. The number of amides is 2. The molecule has 10 nitrogen and oxygen atoms in total. The number of imidazole rings is 1. The van der Waals surface area contributed by atoms with E-state index < -0.39 is 11.7 Å². The number of fused-ring (bicyclic) bond motifs is 4. The first-order valence-corrected chi connectivity index (χ1v) is 17.5. The van der Waals surface area contributed by atoms with E-state index in [9.17, 15) is 19.2 Å². The second-order valence-corrected chi connectivity index (χ2v) is 14.6. The second-order valence-electron chi connectivity index (χ2n) is 14.6. The maximum atomic E-state index is 14.6. The summed E-state index contributed by atoms with van der Waals surface area (Å²) >= 11 is 0. The number of nitrogens with two attached hydrogens (primary N) is 1. The minimum Gasteiger partial charge on any atom is -0.494 e. The van der Waals surface area contributed by atoms with Gasteiger partial charge < -0.3 is 29.4 Å². The molecule has 2 aliphatic heterocycles. The molecule has 2 saturated heterocycles. The van der Waals surface area contributed by atoms with Gasteiger partial charge in [-0.15, -0.1) is 0 Å². The number of ether oxygens (including phenoxy) is 1. The number of nitrogens with zero attached hydrogens (tertiary/aromatic N) is 6. The number of hydrogen-bond acceptors (Lipinski definition) is 6.